The zero-order valence-electron chi connectivity index (χ0n) is 12.0. The van der Waals surface area contributed by atoms with Gasteiger partial charge >= 0.3 is 0 Å². The van der Waals surface area contributed by atoms with Crippen molar-refractivity contribution in [1.29, 1.82) is 0 Å². The zero-order valence-corrected chi connectivity index (χ0v) is 12.7. The first-order valence-corrected chi connectivity index (χ1v) is 7.55. The Morgan fingerprint density at radius 3 is 2.57 bits per heavy atom. The van der Waals surface area contributed by atoms with Crippen molar-refractivity contribution in [3.05, 3.63) is 52.5 Å². The van der Waals surface area contributed by atoms with E-state index >= 15 is 0 Å². The van der Waals surface area contributed by atoms with E-state index in [9.17, 15) is 0 Å². The second-order valence-corrected chi connectivity index (χ2v) is 5.41. The number of aryl methyl sites for hydroxylation is 1. The number of anilines is 1. The van der Waals surface area contributed by atoms with E-state index in [1.54, 1.807) is 0 Å². The summed E-state index contributed by atoms with van der Waals surface area (Å²) >= 11 is 6.24. The normalized spacial score (nSPS) is 13.0. The van der Waals surface area contributed by atoms with Crippen LogP contribution in [-0.2, 0) is 13.0 Å². The molecule has 0 fully saturated rings. The molecule has 1 aliphatic rings. The van der Waals surface area contributed by atoms with Crippen LogP contribution in [0.2, 0.25) is 5.02 Å². The van der Waals surface area contributed by atoms with E-state index in [-0.39, 0.29) is 0 Å². The molecule has 0 saturated carbocycles. The fraction of sp³-hybridized carbons (Fsp3) is 0.294. The largest absolute Gasteiger partial charge is 0.486 e. The molecule has 0 unspecified atom stereocenters. The molecule has 1 N–H and O–H groups in total. The highest BCUT2D eigenvalue weighted by Crippen LogP contribution is 2.38. The molecule has 3 nitrogen and oxygen atoms in total. The van der Waals surface area contributed by atoms with Crippen molar-refractivity contribution in [2.24, 2.45) is 0 Å². The summed E-state index contributed by atoms with van der Waals surface area (Å²) in [5.41, 5.74) is 3.50. The molecule has 4 heteroatoms. The molecule has 3 rings (SSSR count). The van der Waals surface area contributed by atoms with Gasteiger partial charge in [0.25, 0.3) is 0 Å². The van der Waals surface area contributed by atoms with E-state index in [4.69, 9.17) is 21.1 Å². The average Bonchev–Trinajstić information content (AvgIpc) is 2.53. The zero-order chi connectivity index (χ0) is 14.7. The number of benzene rings is 2. The van der Waals surface area contributed by atoms with Gasteiger partial charge in [0.2, 0.25) is 0 Å². The van der Waals surface area contributed by atoms with Crippen LogP contribution >= 0.6 is 11.6 Å². The summed E-state index contributed by atoms with van der Waals surface area (Å²) in [6, 6.07) is 12.4. The van der Waals surface area contributed by atoms with Crippen LogP contribution < -0.4 is 14.8 Å². The highest BCUT2D eigenvalue weighted by molar-refractivity contribution is 6.32. The Labute approximate surface area is 129 Å². The predicted octanol–water partition coefficient (Wildman–Crippen LogP) is 4.29. The van der Waals surface area contributed by atoms with Crippen LogP contribution in [0.15, 0.2) is 36.4 Å². The Hall–Kier alpha value is -1.87. The number of hydrogen-bond acceptors (Lipinski definition) is 3. The molecule has 21 heavy (non-hydrogen) atoms. The van der Waals surface area contributed by atoms with Gasteiger partial charge in [0.05, 0.1) is 5.02 Å². The maximum absolute atomic E-state index is 6.24. The topological polar surface area (TPSA) is 30.5 Å². The fourth-order valence-corrected chi connectivity index (χ4v) is 2.62. The van der Waals surface area contributed by atoms with Crippen LogP contribution in [-0.4, -0.2) is 13.2 Å². The van der Waals surface area contributed by atoms with Gasteiger partial charge in [-0.1, -0.05) is 30.7 Å². The van der Waals surface area contributed by atoms with Gasteiger partial charge in [0, 0.05) is 12.2 Å². The second-order valence-electron chi connectivity index (χ2n) is 5.01. The van der Waals surface area contributed by atoms with Crippen molar-refractivity contribution in [1.82, 2.24) is 0 Å². The van der Waals surface area contributed by atoms with Crippen molar-refractivity contribution in [2.75, 3.05) is 18.5 Å². The molecule has 1 heterocycles. The monoisotopic (exact) mass is 303 g/mol. The number of ether oxygens (including phenoxy) is 2. The van der Waals surface area contributed by atoms with E-state index in [2.05, 4.69) is 36.5 Å². The number of halogens is 1. The first-order chi connectivity index (χ1) is 10.3. The predicted molar refractivity (Wildman–Crippen MR) is 85.6 cm³/mol. The van der Waals surface area contributed by atoms with Crippen LogP contribution in [0.25, 0.3) is 0 Å². The maximum atomic E-state index is 6.24. The summed E-state index contributed by atoms with van der Waals surface area (Å²) in [5, 5.41) is 3.99. The van der Waals surface area contributed by atoms with Crippen molar-refractivity contribution < 1.29 is 9.47 Å². The lowest BCUT2D eigenvalue weighted by Crippen LogP contribution is -2.16. The minimum absolute atomic E-state index is 0.550. The molecule has 0 spiro atoms. The highest BCUT2D eigenvalue weighted by Gasteiger charge is 2.16. The van der Waals surface area contributed by atoms with Gasteiger partial charge < -0.3 is 14.8 Å². The minimum atomic E-state index is 0.550. The third-order valence-electron chi connectivity index (χ3n) is 3.52. The van der Waals surface area contributed by atoms with Gasteiger partial charge in [-0.15, -0.1) is 0 Å². The Kier molecular flexibility index (Phi) is 4.20. The van der Waals surface area contributed by atoms with Crippen molar-refractivity contribution >= 4 is 17.3 Å². The average molecular weight is 304 g/mol. The molecule has 0 radical (unpaired) electrons. The third-order valence-corrected chi connectivity index (χ3v) is 3.80. The number of fused-ring (bicyclic) bond motifs is 1. The molecule has 0 atom stereocenters. The van der Waals surface area contributed by atoms with Gasteiger partial charge in [-0.05, 0) is 41.8 Å². The smallest absolute Gasteiger partial charge is 0.179 e. The van der Waals surface area contributed by atoms with Crippen LogP contribution in [0.5, 0.6) is 11.5 Å². The molecular weight excluding hydrogens is 286 g/mol. The Bertz CT molecular complexity index is 625. The van der Waals surface area contributed by atoms with Crippen molar-refractivity contribution in [3.8, 4) is 11.5 Å². The number of nitrogens with one attached hydrogen (secondary N) is 1. The highest BCUT2D eigenvalue weighted by atomic mass is 35.5. The van der Waals surface area contributed by atoms with Crippen molar-refractivity contribution in [2.45, 2.75) is 19.9 Å². The first kappa shape index (κ1) is 14.1. The van der Waals surface area contributed by atoms with Gasteiger partial charge in [-0.2, -0.15) is 0 Å². The van der Waals surface area contributed by atoms with Gasteiger partial charge in [0.1, 0.15) is 13.2 Å². The molecule has 0 saturated heterocycles. The summed E-state index contributed by atoms with van der Waals surface area (Å²) < 4.78 is 11.1. The number of rotatable bonds is 4. The van der Waals surface area contributed by atoms with Crippen LogP contribution in [0.3, 0.4) is 0 Å². The summed E-state index contributed by atoms with van der Waals surface area (Å²) in [7, 11) is 0. The summed E-state index contributed by atoms with van der Waals surface area (Å²) in [4.78, 5) is 0. The van der Waals surface area contributed by atoms with E-state index in [1.807, 2.05) is 12.1 Å². The SMILES string of the molecule is CCc1ccc(NCc2cc(Cl)c3c(c2)OCCO3)cc1. The van der Waals surface area contributed by atoms with Crippen molar-refractivity contribution in [3.63, 3.8) is 0 Å². The van der Waals surface area contributed by atoms with Gasteiger partial charge in [-0.25, -0.2) is 0 Å². The molecule has 110 valence electrons. The Morgan fingerprint density at radius 2 is 1.81 bits per heavy atom. The van der Waals surface area contributed by atoms with E-state index in [0.717, 1.165) is 23.4 Å². The van der Waals surface area contributed by atoms with Gasteiger partial charge in [-0.3, -0.25) is 0 Å². The molecule has 0 amide bonds. The molecule has 0 aliphatic carbocycles. The molecule has 2 aromatic rings. The van der Waals surface area contributed by atoms with Gasteiger partial charge in [0.15, 0.2) is 11.5 Å². The standard InChI is InChI=1S/C17H18ClNO2/c1-2-12-3-5-14(6-4-12)19-11-13-9-15(18)17-16(10-13)20-7-8-21-17/h3-6,9-10,19H,2,7-8,11H2,1H3. The Morgan fingerprint density at radius 1 is 1.05 bits per heavy atom. The molecule has 1 aliphatic heterocycles. The van der Waals surface area contributed by atoms with E-state index in [0.29, 0.717) is 30.5 Å². The lowest BCUT2D eigenvalue weighted by atomic mass is 10.1. The van der Waals surface area contributed by atoms with Crippen LogP contribution in [0, 0.1) is 0 Å². The molecular formula is C17H18ClNO2. The lowest BCUT2D eigenvalue weighted by molar-refractivity contribution is 0.171. The van der Waals surface area contributed by atoms with Crippen LogP contribution in [0.1, 0.15) is 18.1 Å². The fourth-order valence-electron chi connectivity index (χ4n) is 2.33. The first-order valence-electron chi connectivity index (χ1n) is 7.17. The summed E-state index contributed by atoms with van der Waals surface area (Å²) in [6.07, 6.45) is 1.05. The minimum Gasteiger partial charge on any atom is -0.486 e. The Balaban J connectivity index is 1.71. The molecule has 0 aromatic heterocycles. The molecule has 0 bridgehead atoms. The third kappa shape index (κ3) is 3.24. The second kappa shape index (κ2) is 6.27. The number of hydrogen-bond donors (Lipinski definition) is 1. The van der Waals surface area contributed by atoms with E-state index < -0.39 is 0 Å². The summed E-state index contributed by atoms with van der Waals surface area (Å²) in [5.74, 6) is 1.38. The van der Waals surface area contributed by atoms with Crippen LogP contribution in [0.4, 0.5) is 5.69 Å². The maximum Gasteiger partial charge on any atom is 0.179 e. The van der Waals surface area contributed by atoms with E-state index in [1.165, 1.54) is 5.56 Å². The molecule has 2 aromatic carbocycles. The summed E-state index contributed by atoms with van der Waals surface area (Å²) in [6.45, 7) is 3.97. The lowest BCUT2D eigenvalue weighted by Gasteiger charge is -2.20. The quantitative estimate of drug-likeness (QED) is 0.914.